The lowest BCUT2D eigenvalue weighted by atomic mass is 10.4. The van der Waals surface area contributed by atoms with E-state index >= 15 is 0 Å². The van der Waals surface area contributed by atoms with Gasteiger partial charge in [0.15, 0.2) is 0 Å². The highest BCUT2D eigenvalue weighted by atomic mass is 16.2. The van der Waals surface area contributed by atoms with E-state index in [0.717, 1.165) is 12.8 Å². The molecule has 0 spiro atoms. The van der Waals surface area contributed by atoms with Crippen molar-refractivity contribution in [3.8, 4) is 12.8 Å². The van der Waals surface area contributed by atoms with Crippen molar-refractivity contribution >= 4 is 0 Å². The molecule has 0 aliphatic heterocycles. The predicted octanol–water partition coefficient (Wildman–Crippen LogP) is 1.03. The van der Waals surface area contributed by atoms with Crippen LogP contribution in [0, 0.1) is 12.8 Å². The van der Waals surface area contributed by atoms with Crippen molar-refractivity contribution in [1.29, 1.82) is 0 Å². The Morgan fingerprint density at radius 1 is 1.43 bits per heavy atom. The third kappa shape index (κ3) is 29.6. The van der Waals surface area contributed by atoms with E-state index in [0.29, 0.717) is 6.61 Å². The summed E-state index contributed by atoms with van der Waals surface area (Å²) in [7, 11) is 0. The Bertz CT molecular complexity index is 28.4. The number of hydrogen-bond donors (Lipinski definition) is 1. The van der Waals surface area contributed by atoms with Gasteiger partial charge in [0.05, 0.1) is 0 Å². The van der Waals surface area contributed by atoms with Crippen LogP contribution in [0.1, 0.15) is 19.8 Å². The minimum atomic E-state index is 0.344. The van der Waals surface area contributed by atoms with E-state index in [4.69, 9.17) is 5.11 Å². The molecule has 0 atom stereocenters. The monoisotopic (exact) mass is 100 g/mol. The summed E-state index contributed by atoms with van der Waals surface area (Å²) in [6, 6.07) is 0. The first-order valence-corrected chi connectivity index (χ1v) is 2.36. The zero-order chi connectivity index (χ0) is 6.12. The van der Waals surface area contributed by atoms with Crippen molar-refractivity contribution in [2.24, 2.45) is 0 Å². The van der Waals surface area contributed by atoms with Crippen LogP contribution in [0.25, 0.3) is 0 Å². The fourth-order valence-electron chi connectivity index (χ4n) is 0.158. The van der Waals surface area contributed by atoms with E-state index < -0.39 is 0 Å². The fraction of sp³-hybridized carbons (Fsp3) is 0.667. The van der Waals surface area contributed by atoms with E-state index in [1.54, 1.807) is 0 Å². The van der Waals surface area contributed by atoms with Crippen LogP contribution in [0.4, 0.5) is 0 Å². The maximum Gasteiger partial charge on any atom is 0.0430 e. The van der Waals surface area contributed by atoms with Gasteiger partial charge in [0.25, 0.3) is 0 Å². The summed E-state index contributed by atoms with van der Waals surface area (Å²) in [6.45, 7) is 2.40. The molecule has 0 aliphatic carbocycles. The van der Waals surface area contributed by atoms with Gasteiger partial charge in [-0.1, -0.05) is 13.3 Å². The van der Waals surface area contributed by atoms with Crippen LogP contribution in [0.5, 0.6) is 0 Å². The molecule has 42 valence electrons. The van der Waals surface area contributed by atoms with Crippen molar-refractivity contribution < 1.29 is 5.11 Å². The molecule has 0 heterocycles. The summed E-state index contributed by atoms with van der Waals surface area (Å²) >= 11 is 0. The highest BCUT2D eigenvalue weighted by Crippen LogP contribution is 1.78. The van der Waals surface area contributed by atoms with E-state index in [1.807, 2.05) is 0 Å². The number of hydrogen-bond acceptors (Lipinski definition) is 1. The minimum absolute atomic E-state index is 0.344. The molecule has 0 saturated heterocycles. The Kier molecular flexibility index (Phi) is 24.7. The van der Waals surface area contributed by atoms with E-state index in [-0.39, 0.29) is 0 Å². The van der Waals surface area contributed by atoms with Gasteiger partial charge in [0, 0.05) is 6.61 Å². The Morgan fingerprint density at radius 2 is 1.86 bits per heavy atom. The van der Waals surface area contributed by atoms with E-state index in [9.17, 15) is 0 Å². The molecule has 0 unspecified atom stereocenters. The number of terminal acetylenes is 1. The SMILES string of the molecule is C#C.CCCCO. The molecule has 0 bridgehead atoms. The van der Waals surface area contributed by atoms with Gasteiger partial charge in [-0.2, -0.15) is 0 Å². The van der Waals surface area contributed by atoms with Crippen LogP contribution in [0.2, 0.25) is 0 Å². The Hall–Kier alpha value is -0.480. The van der Waals surface area contributed by atoms with Gasteiger partial charge >= 0.3 is 0 Å². The summed E-state index contributed by atoms with van der Waals surface area (Å²) in [6.07, 6.45) is 10.0. The molecule has 0 aliphatic rings. The van der Waals surface area contributed by atoms with Crippen LogP contribution >= 0.6 is 0 Å². The largest absolute Gasteiger partial charge is 0.396 e. The number of aliphatic hydroxyl groups excluding tert-OH is 1. The third-order valence-corrected chi connectivity index (χ3v) is 0.512. The molecule has 1 nitrogen and oxygen atoms in total. The van der Waals surface area contributed by atoms with Crippen molar-refractivity contribution in [3.63, 3.8) is 0 Å². The molecule has 0 aromatic rings. The molecule has 7 heavy (non-hydrogen) atoms. The molecule has 0 saturated carbocycles. The maximum absolute atomic E-state index is 8.07. The van der Waals surface area contributed by atoms with Gasteiger partial charge in [0.1, 0.15) is 0 Å². The van der Waals surface area contributed by atoms with Gasteiger partial charge in [0.2, 0.25) is 0 Å². The molecule has 0 amide bonds. The van der Waals surface area contributed by atoms with Crippen molar-refractivity contribution in [3.05, 3.63) is 0 Å². The number of rotatable bonds is 2. The van der Waals surface area contributed by atoms with Crippen molar-refractivity contribution in [1.82, 2.24) is 0 Å². The minimum Gasteiger partial charge on any atom is -0.396 e. The van der Waals surface area contributed by atoms with E-state index in [2.05, 4.69) is 19.8 Å². The zero-order valence-corrected chi connectivity index (χ0v) is 4.72. The predicted molar refractivity (Wildman–Crippen MR) is 31.9 cm³/mol. The molecular weight excluding hydrogens is 88.1 g/mol. The lowest BCUT2D eigenvalue weighted by molar-refractivity contribution is 0.287. The first-order valence-electron chi connectivity index (χ1n) is 2.36. The quantitative estimate of drug-likeness (QED) is 0.514. The fourth-order valence-corrected chi connectivity index (χ4v) is 0.158. The molecule has 1 heteroatoms. The summed E-state index contributed by atoms with van der Waals surface area (Å²) in [5.74, 6) is 0. The van der Waals surface area contributed by atoms with Crippen LogP contribution < -0.4 is 0 Å². The third-order valence-electron chi connectivity index (χ3n) is 0.512. The van der Waals surface area contributed by atoms with Gasteiger partial charge in [-0.05, 0) is 6.42 Å². The molecule has 0 aromatic carbocycles. The second kappa shape index (κ2) is 17.8. The molecule has 0 aromatic heterocycles. The van der Waals surface area contributed by atoms with Crippen molar-refractivity contribution in [2.75, 3.05) is 6.61 Å². The lowest BCUT2D eigenvalue weighted by Crippen LogP contribution is -1.75. The summed E-state index contributed by atoms with van der Waals surface area (Å²) in [5.41, 5.74) is 0. The Balaban J connectivity index is 0. The summed E-state index contributed by atoms with van der Waals surface area (Å²) < 4.78 is 0. The first kappa shape index (κ1) is 9.72. The smallest absolute Gasteiger partial charge is 0.0430 e. The second-order valence-electron chi connectivity index (χ2n) is 1.08. The van der Waals surface area contributed by atoms with Gasteiger partial charge in [-0.15, -0.1) is 12.8 Å². The molecule has 0 rings (SSSR count). The van der Waals surface area contributed by atoms with Gasteiger partial charge in [-0.3, -0.25) is 0 Å². The van der Waals surface area contributed by atoms with Crippen LogP contribution in [-0.4, -0.2) is 11.7 Å². The standard InChI is InChI=1S/C4H10O.C2H2/c1-2-3-4-5;1-2/h5H,2-4H2,1H3;1-2H. The van der Waals surface area contributed by atoms with Gasteiger partial charge in [-0.25, -0.2) is 0 Å². The van der Waals surface area contributed by atoms with E-state index in [1.165, 1.54) is 0 Å². The average Bonchev–Trinajstić information content (AvgIpc) is 1.75. The molecule has 1 N–H and O–H groups in total. The summed E-state index contributed by atoms with van der Waals surface area (Å²) in [4.78, 5) is 0. The highest BCUT2D eigenvalue weighted by Gasteiger charge is 1.69. The molecule has 0 radical (unpaired) electrons. The Labute approximate surface area is 45.4 Å². The lowest BCUT2D eigenvalue weighted by Gasteiger charge is -1.79. The topological polar surface area (TPSA) is 20.2 Å². The van der Waals surface area contributed by atoms with Gasteiger partial charge < -0.3 is 5.11 Å². The van der Waals surface area contributed by atoms with Crippen molar-refractivity contribution in [2.45, 2.75) is 19.8 Å². The average molecular weight is 100 g/mol. The summed E-state index contributed by atoms with van der Waals surface area (Å²) in [5, 5.41) is 8.07. The Morgan fingerprint density at radius 3 is 1.86 bits per heavy atom. The van der Waals surface area contributed by atoms with Crippen LogP contribution in [0.3, 0.4) is 0 Å². The molecule has 0 fully saturated rings. The zero-order valence-electron chi connectivity index (χ0n) is 4.72. The normalized spacial score (nSPS) is 6.29. The number of aliphatic hydroxyl groups is 1. The highest BCUT2D eigenvalue weighted by molar-refractivity contribution is 4.47. The molecular formula is C6H12O. The number of unbranched alkanes of at least 4 members (excludes halogenated alkanes) is 1. The van der Waals surface area contributed by atoms with Crippen LogP contribution in [-0.2, 0) is 0 Å². The maximum atomic E-state index is 8.07. The second-order valence-corrected chi connectivity index (χ2v) is 1.08. The van der Waals surface area contributed by atoms with Crippen LogP contribution in [0.15, 0.2) is 0 Å². The first-order chi connectivity index (χ1) is 3.41.